The molecule has 0 amide bonds. The predicted molar refractivity (Wildman–Crippen MR) is 123 cm³/mol. The van der Waals surface area contributed by atoms with Crippen LogP contribution in [-0.2, 0) is 5.54 Å². The number of piperazine rings is 1. The largest absolute Gasteiger partial charge is 0.367 e. The fourth-order valence-electron chi connectivity index (χ4n) is 5.40. The highest BCUT2D eigenvalue weighted by Gasteiger charge is 2.59. The molecule has 4 fully saturated rings. The Morgan fingerprint density at radius 2 is 1.94 bits per heavy atom. The van der Waals surface area contributed by atoms with Crippen LogP contribution < -0.4 is 15.8 Å². The van der Waals surface area contributed by atoms with Crippen LogP contribution in [-0.4, -0.2) is 52.7 Å². The van der Waals surface area contributed by atoms with Gasteiger partial charge in [0.1, 0.15) is 23.1 Å². The molecule has 1 saturated heterocycles. The highest BCUT2D eigenvalue weighted by molar-refractivity contribution is 5.78. The lowest BCUT2D eigenvalue weighted by Crippen LogP contribution is -2.62. The van der Waals surface area contributed by atoms with Crippen molar-refractivity contribution in [1.82, 2.24) is 19.4 Å². The van der Waals surface area contributed by atoms with E-state index < -0.39 is 0 Å². The molecule has 7 rings (SSSR count). The zero-order valence-corrected chi connectivity index (χ0v) is 18.4. The first kappa shape index (κ1) is 20.1. The maximum Gasteiger partial charge on any atom is 0.270 e. The van der Waals surface area contributed by atoms with E-state index in [1.165, 1.54) is 6.07 Å². The Kier molecular flexibility index (Phi) is 4.42. The zero-order valence-electron chi connectivity index (χ0n) is 18.4. The summed E-state index contributed by atoms with van der Waals surface area (Å²) in [5.74, 6) is 0.660. The molecule has 2 aromatic heterocycles. The third kappa shape index (κ3) is 3.16. The van der Waals surface area contributed by atoms with Crippen molar-refractivity contribution in [3.05, 3.63) is 52.2 Å². The molecule has 3 saturated carbocycles. The molecule has 0 atom stereocenters. The average Bonchev–Trinajstić information content (AvgIpc) is 2.74. The molecule has 8 nitrogen and oxygen atoms in total. The van der Waals surface area contributed by atoms with Gasteiger partial charge in [-0.1, -0.05) is 0 Å². The van der Waals surface area contributed by atoms with Crippen LogP contribution in [0.1, 0.15) is 24.8 Å². The van der Waals surface area contributed by atoms with Gasteiger partial charge < -0.3 is 15.1 Å². The van der Waals surface area contributed by atoms with Crippen molar-refractivity contribution >= 4 is 28.4 Å². The van der Waals surface area contributed by atoms with Gasteiger partial charge in [-0.3, -0.25) is 9.36 Å². The monoisotopic (exact) mass is 445 g/mol. The van der Waals surface area contributed by atoms with E-state index in [0.717, 1.165) is 45.4 Å². The quantitative estimate of drug-likeness (QED) is 0.660. The minimum Gasteiger partial charge on any atom is -0.367 e. The van der Waals surface area contributed by atoms with E-state index in [1.54, 1.807) is 22.9 Å². The molecule has 168 valence electrons. The van der Waals surface area contributed by atoms with Crippen molar-refractivity contribution in [2.75, 3.05) is 43.4 Å². The number of aromatic nitrogens is 3. The second kappa shape index (κ2) is 7.25. The van der Waals surface area contributed by atoms with E-state index in [-0.39, 0.29) is 22.5 Å². The van der Waals surface area contributed by atoms with Gasteiger partial charge in [-0.25, -0.2) is 9.37 Å². The third-order valence-electron chi connectivity index (χ3n) is 7.39. The number of likely N-dealkylation sites (N-methyl/N-ethyl adjacent to an activating group) is 1. The van der Waals surface area contributed by atoms with Crippen LogP contribution in [0.4, 0.5) is 21.7 Å². The maximum absolute atomic E-state index is 14.9. The van der Waals surface area contributed by atoms with E-state index in [2.05, 4.69) is 32.1 Å². The molecule has 1 aliphatic heterocycles. The highest BCUT2D eigenvalue weighted by atomic mass is 19.1. The summed E-state index contributed by atoms with van der Waals surface area (Å²) < 4.78 is 16.6. The first-order chi connectivity index (χ1) is 16.0. The Morgan fingerprint density at radius 1 is 1.18 bits per heavy atom. The van der Waals surface area contributed by atoms with Crippen LogP contribution in [0.5, 0.6) is 0 Å². The molecule has 1 aromatic carbocycles. The summed E-state index contributed by atoms with van der Waals surface area (Å²) in [6.07, 6.45) is 4.45. The smallest absolute Gasteiger partial charge is 0.270 e. The van der Waals surface area contributed by atoms with E-state index in [0.29, 0.717) is 34.3 Å². The molecule has 0 spiro atoms. The number of hydrogen-bond acceptors (Lipinski definition) is 7. The molecule has 9 heteroatoms. The Labute approximate surface area is 190 Å². The topological polar surface area (TPSA) is 90.1 Å². The Morgan fingerprint density at radius 3 is 2.58 bits per heavy atom. The second-order valence-corrected chi connectivity index (χ2v) is 9.57. The molecule has 3 aliphatic carbocycles. The lowest BCUT2D eigenvalue weighted by Gasteiger charge is -2.62. The van der Waals surface area contributed by atoms with Crippen LogP contribution in [0.2, 0.25) is 0 Å². The summed E-state index contributed by atoms with van der Waals surface area (Å²) in [7, 11) is 2.07. The second-order valence-electron chi connectivity index (χ2n) is 9.57. The summed E-state index contributed by atoms with van der Waals surface area (Å²) in [5, 5.41) is 13.1. The third-order valence-corrected chi connectivity index (χ3v) is 7.39. The number of halogens is 1. The molecular formula is C24H24FN7O. The van der Waals surface area contributed by atoms with Crippen molar-refractivity contribution in [3.63, 3.8) is 0 Å². The Hall–Kier alpha value is -3.51. The zero-order chi connectivity index (χ0) is 22.7. The minimum absolute atomic E-state index is 0.109. The van der Waals surface area contributed by atoms with E-state index in [4.69, 9.17) is 0 Å². The van der Waals surface area contributed by atoms with Gasteiger partial charge in [0.05, 0.1) is 11.2 Å². The molecule has 3 heterocycles. The fraction of sp³-hybridized carbons (Fsp3) is 0.417. The number of nitrogens with one attached hydrogen (secondary N) is 1. The Balaban J connectivity index is 1.33. The minimum atomic E-state index is -0.297. The first-order valence-corrected chi connectivity index (χ1v) is 11.3. The van der Waals surface area contributed by atoms with Gasteiger partial charge in [-0.2, -0.15) is 10.2 Å². The molecule has 33 heavy (non-hydrogen) atoms. The van der Waals surface area contributed by atoms with Gasteiger partial charge in [0.15, 0.2) is 0 Å². The number of nitriles is 1. The van der Waals surface area contributed by atoms with Gasteiger partial charge in [0.2, 0.25) is 5.95 Å². The SMILES string of the molecule is CN1CCN(c2ccc(Nc3ncc4cc(C#N)c(=O)n(C56CC(C5)C6)c4n3)cc2F)CC1. The van der Waals surface area contributed by atoms with Gasteiger partial charge in [0.25, 0.3) is 5.56 Å². The standard InChI is InChI=1S/C24H24FN7O/c1-30-4-6-31(7-5-30)20-3-2-18(9-19(20)25)28-23-27-14-17-8-16(13-26)22(33)32(21(17)29-23)24-10-15(11-24)12-24/h2-3,8-9,14-15H,4-7,10-12H2,1H3,(H,27,28,29). The van der Waals surface area contributed by atoms with E-state index in [9.17, 15) is 14.4 Å². The lowest BCUT2D eigenvalue weighted by molar-refractivity contribution is -0.0884. The lowest BCUT2D eigenvalue weighted by atomic mass is 9.49. The van der Waals surface area contributed by atoms with Crippen LogP contribution in [0.25, 0.3) is 11.0 Å². The maximum atomic E-state index is 14.9. The van der Waals surface area contributed by atoms with Crippen LogP contribution in [0, 0.1) is 23.1 Å². The molecule has 3 aromatic rings. The number of anilines is 3. The van der Waals surface area contributed by atoms with Crippen molar-refractivity contribution in [3.8, 4) is 6.07 Å². The van der Waals surface area contributed by atoms with Gasteiger partial charge in [0, 0.05) is 43.4 Å². The molecule has 2 bridgehead atoms. The summed E-state index contributed by atoms with van der Waals surface area (Å²) in [6, 6.07) is 8.61. The molecule has 0 radical (unpaired) electrons. The van der Waals surface area contributed by atoms with Gasteiger partial charge >= 0.3 is 0 Å². The van der Waals surface area contributed by atoms with E-state index >= 15 is 0 Å². The summed E-state index contributed by atoms with van der Waals surface area (Å²) in [6.45, 7) is 3.39. The number of rotatable bonds is 4. The van der Waals surface area contributed by atoms with Crippen molar-refractivity contribution in [2.24, 2.45) is 5.92 Å². The number of fused-ring (bicyclic) bond motifs is 1. The highest BCUT2D eigenvalue weighted by Crippen LogP contribution is 2.62. The van der Waals surface area contributed by atoms with Crippen LogP contribution in [0.15, 0.2) is 35.3 Å². The summed E-state index contributed by atoms with van der Waals surface area (Å²) in [5.41, 5.74) is 1.24. The van der Waals surface area contributed by atoms with Crippen molar-refractivity contribution < 1.29 is 4.39 Å². The number of pyridine rings is 1. The van der Waals surface area contributed by atoms with Crippen LogP contribution >= 0.6 is 0 Å². The predicted octanol–water partition coefficient (Wildman–Crippen LogP) is 2.81. The molecule has 4 aliphatic rings. The van der Waals surface area contributed by atoms with Crippen molar-refractivity contribution in [2.45, 2.75) is 24.8 Å². The van der Waals surface area contributed by atoms with Gasteiger partial charge in [-0.05, 0) is 56.5 Å². The fourth-order valence-corrected chi connectivity index (χ4v) is 5.40. The summed E-state index contributed by atoms with van der Waals surface area (Å²) in [4.78, 5) is 26.3. The van der Waals surface area contributed by atoms with Crippen molar-refractivity contribution in [1.29, 1.82) is 5.26 Å². The molecule has 0 unspecified atom stereocenters. The first-order valence-electron chi connectivity index (χ1n) is 11.3. The summed E-state index contributed by atoms with van der Waals surface area (Å²) >= 11 is 0. The molecule has 1 N–H and O–H groups in total. The van der Waals surface area contributed by atoms with E-state index in [1.807, 2.05) is 12.1 Å². The Bertz CT molecular complexity index is 1350. The van der Waals surface area contributed by atoms with Crippen LogP contribution in [0.3, 0.4) is 0 Å². The number of nitrogens with zero attached hydrogens (tertiary/aromatic N) is 6. The number of benzene rings is 1. The number of hydrogen-bond donors (Lipinski definition) is 1. The normalized spacial score (nSPS) is 24.2. The average molecular weight is 446 g/mol. The molecular weight excluding hydrogens is 421 g/mol. The van der Waals surface area contributed by atoms with Gasteiger partial charge in [-0.15, -0.1) is 0 Å².